The lowest BCUT2D eigenvalue weighted by Gasteiger charge is -2.01. The Morgan fingerprint density at radius 1 is 1.00 bits per heavy atom. The molecule has 0 bridgehead atoms. The SMILES string of the molecule is C=C/C=C(\C=C/C)SC(/C=C\C)=C/C. The molecule has 14 heavy (non-hydrogen) atoms. The van der Waals surface area contributed by atoms with Crippen molar-refractivity contribution in [2.45, 2.75) is 20.8 Å². The highest BCUT2D eigenvalue weighted by molar-refractivity contribution is 8.07. The molecule has 0 saturated carbocycles. The molecule has 1 heteroatoms. The molecule has 0 aromatic heterocycles. The van der Waals surface area contributed by atoms with E-state index in [1.54, 1.807) is 11.8 Å². The summed E-state index contributed by atoms with van der Waals surface area (Å²) in [5.41, 5.74) is 0. The van der Waals surface area contributed by atoms with Crippen molar-refractivity contribution >= 4 is 11.8 Å². The third-order valence-electron chi connectivity index (χ3n) is 1.46. The van der Waals surface area contributed by atoms with Crippen LogP contribution in [0.2, 0.25) is 0 Å². The van der Waals surface area contributed by atoms with Crippen LogP contribution in [0.3, 0.4) is 0 Å². The van der Waals surface area contributed by atoms with Crippen LogP contribution >= 0.6 is 11.8 Å². The quantitative estimate of drug-likeness (QED) is 0.580. The molecule has 0 nitrogen and oxygen atoms in total. The highest BCUT2D eigenvalue weighted by atomic mass is 32.2. The van der Waals surface area contributed by atoms with Gasteiger partial charge in [-0.25, -0.2) is 0 Å². The van der Waals surface area contributed by atoms with E-state index in [1.807, 2.05) is 45.1 Å². The second kappa shape index (κ2) is 8.64. The van der Waals surface area contributed by atoms with E-state index >= 15 is 0 Å². The van der Waals surface area contributed by atoms with E-state index in [0.717, 1.165) is 0 Å². The second-order valence-corrected chi connectivity index (χ2v) is 3.74. The Morgan fingerprint density at radius 2 is 1.57 bits per heavy atom. The van der Waals surface area contributed by atoms with Gasteiger partial charge in [0.15, 0.2) is 0 Å². The first-order chi connectivity index (χ1) is 6.78. The van der Waals surface area contributed by atoms with Crippen molar-refractivity contribution in [3.8, 4) is 0 Å². The van der Waals surface area contributed by atoms with Gasteiger partial charge in [-0.1, -0.05) is 54.8 Å². The molecule has 0 aromatic carbocycles. The van der Waals surface area contributed by atoms with Gasteiger partial charge in [0.25, 0.3) is 0 Å². The zero-order valence-corrected chi connectivity index (χ0v) is 9.97. The Balaban J connectivity index is 4.58. The van der Waals surface area contributed by atoms with Crippen LogP contribution < -0.4 is 0 Å². The van der Waals surface area contributed by atoms with Gasteiger partial charge in [-0.05, 0) is 26.8 Å². The molecular weight excluding hydrogens is 188 g/mol. The first kappa shape index (κ1) is 13.1. The van der Waals surface area contributed by atoms with E-state index in [-0.39, 0.29) is 0 Å². The van der Waals surface area contributed by atoms with Crippen molar-refractivity contribution in [1.29, 1.82) is 0 Å². The molecule has 0 fully saturated rings. The van der Waals surface area contributed by atoms with Gasteiger partial charge in [0.2, 0.25) is 0 Å². The molecule has 0 spiro atoms. The normalized spacial score (nSPS) is 14.2. The first-order valence-electron chi connectivity index (χ1n) is 4.70. The summed E-state index contributed by atoms with van der Waals surface area (Å²) in [5, 5.41) is 0. The third kappa shape index (κ3) is 5.65. The summed E-state index contributed by atoms with van der Waals surface area (Å²) in [7, 11) is 0. The predicted molar refractivity (Wildman–Crippen MR) is 69.3 cm³/mol. The fraction of sp³-hybridized carbons (Fsp3) is 0.231. The number of rotatable bonds is 5. The number of hydrogen-bond donors (Lipinski definition) is 0. The molecule has 0 radical (unpaired) electrons. The van der Waals surface area contributed by atoms with Crippen molar-refractivity contribution in [3.63, 3.8) is 0 Å². The summed E-state index contributed by atoms with van der Waals surface area (Å²) in [6.07, 6.45) is 14.2. The van der Waals surface area contributed by atoms with Gasteiger partial charge >= 0.3 is 0 Å². The molecule has 0 N–H and O–H groups in total. The van der Waals surface area contributed by atoms with Crippen LogP contribution in [0.1, 0.15) is 20.8 Å². The molecule has 0 unspecified atom stereocenters. The summed E-state index contributed by atoms with van der Waals surface area (Å²) in [5.74, 6) is 0. The molecule has 0 atom stereocenters. The highest BCUT2D eigenvalue weighted by Crippen LogP contribution is 2.27. The highest BCUT2D eigenvalue weighted by Gasteiger charge is 1.95. The van der Waals surface area contributed by atoms with Gasteiger partial charge in [-0.15, -0.1) is 0 Å². The largest absolute Gasteiger partial charge is 0.0990 e. The molecule has 0 heterocycles. The van der Waals surface area contributed by atoms with Gasteiger partial charge in [0.05, 0.1) is 0 Å². The minimum atomic E-state index is 1.20. The van der Waals surface area contributed by atoms with E-state index in [1.165, 1.54) is 9.81 Å². The Kier molecular flexibility index (Phi) is 8.05. The zero-order chi connectivity index (χ0) is 10.8. The van der Waals surface area contributed by atoms with E-state index < -0.39 is 0 Å². The minimum absolute atomic E-state index is 1.20. The van der Waals surface area contributed by atoms with Crippen LogP contribution in [-0.4, -0.2) is 0 Å². The van der Waals surface area contributed by atoms with Crippen LogP contribution in [-0.2, 0) is 0 Å². The van der Waals surface area contributed by atoms with E-state index in [2.05, 4.69) is 24.8 Å². The van der Waals surface area contributed by atoms with Gasteiger partial charge in [-0.2, -0.15) is 0 Å². The molecule has 0 amide bonds. The van der Waals surface area contributed by atoms with E-state index in [9.17, 15) is 0 Å². The Morgan fingerprint density at radius 3 is 2.00 bits per heavy atom. The standard InChI is InChI=1S/C13H18S/c1-5-9-12(8-4)14-13(10-6-2)11-7-3/h5-11H,2H2,1,3-4H3/b9-5-,11-7-,12-8+,13-10+. The molecule has 0 saturated heterocycles. The maximum absolute atomic E-state index is 3.70. The summed E-state index contributed by atoms with van der Waals surface area (Å²) >= 11 is 1.74. The van der Waals surface area contributed by atoms with E-state index in [4.69, 9.17) is 0 Å². The monoisotopic (exact) mass is 206 g/mol. The third-order valence-corrected chi connectivity index (χ3v) is 2.58. The Bertz CT molecular complexity index is 278. The summed E-state index contributed by atoms with van der Waals surface area (Å²) in [6, 6.07) is 0. The number of hydrogen-bond acceptors (Lipinski definition) is 1. The van der Waals surface area contributed by atoms with Crippen molar-refractivity contribution in [1.82, 2.24) is 0 Å². The fourth-order valence-electron chi connectivity index (χ4n) is 0.894. The average molecular weight is 206 g/mol. The van der Waals surface area contributed by atoms with Crippen molar-refractivity contribution < 1.29 is 0 Å². The van der Waals surface area contributed by atoms with Crippen molar-refractivity contribution in [2.24, 2.45) is 0 Å². The lowest BCUT2D eigenvalue weighted by Crippen LogP contribution is -1.73. The lowest BCUT2D eigenvalue weighted by atomic mass is 10.4. The molecule has 76 valence electrons. The number of thioether (sulfide) groups is 1. The summed E-state index contributed by atoms with van der Waals surface area (Å²) in [4.78, 5) is 2.45. The molecule has 0 aliphatic heterocycles. The van der Waals surface area contributed by atoms with Crippen molar-refractivity contribution in [3.05, 3.63) is 58.9 Å². The molecule has 0 aliphatic rings. The molecular formula is C13H18S. The average Bonchev–Trinajstić information content (AvgIpc) is 2.18. The molecule has 0 rings (SSSR count). The van der Waals surface area contributed by atoms with Crippen LogP contribution in [0.15, 0.2) is 58.9 Å². The van der Waals surface area contributed by atoms with Crippen LogP contribution in [0.4, 0.5) is 0 Å². The Labute approximate surface area is 91.8 Å². The topological polar surface area (TPSA) is 0 Å². The maximum atomic E-state index is 3.70. The minimum Gasteiger partial charge on any atom is -0.0990 e. The van der Waals surface area contributed by atoms with E-state index in [0.29, 0.717) is 0 Å². The molecule has 0 aliphatic carbocycles. The van der Waals surface area contributed by atoms with Crippen molar-refractivity contribution in [2.75, 3.05) is 0 Å². The van der Waals surface area contributed by atoms with Gasteiger partial charge in [0, 0.05) is 9.81 Å². The predicted octanol–water partition coefficient (Wildman–Crippen LogP) is 4.85. The van der Waals surface area contributed by atoms with Gasteiger partial charge in [0.1, 0.15) is 0 Å². The Hall–Kier alpha value is -0.950. The van der Waals surface area contributed by atoms with Gasteiger partial charge < -0.3 is 0 Å². The molecule has 0 aromatic rings. The lowest BCUT2D eigenvalue weighted by molar-refractivity contribution is 1.65. The fourth-order valence-corrected chi connectivity index (χ4v) is 1.86. The summed E-state index contributed by atoms with van der Waals surface area (Å²) in [6.45, 7) is 9.79. The van der Waals surface area contributed by atoms with Crippen LogP contribution in [0.5, 0.6) is 0 Å². The first-order valence-corrected chi connectivity index (χ1v) is 5.52. The maximum Gasteiger partial charge on any atom is 0.0118 e. The summed E-state index contributed by atoms with van der Waals surface area (Å²) < 4.78 is 0. The van der Waals surface area contributed by atoms with Gasteiger partial charge in [-0.3, -0.25) is 0 Å². The second-order valence-electron chi connectivity index (χ2n) is 2.60. The smallest absolute Gasteiger partial charge is 0.0118 e. The van der Waals surface area contributed by atoms with Crippen LogP contribution in [0.25, 0.3) is 0 Å². The van der Waals surface area contributed by atoms with Crippen LogP contribution in [0, 0.1) is 0 Å². The number of allylic oxidation sites excluding steroid dienone is 7. The zero-order valence-electron chi connectivity index (χ0n) is 9.16.